The molecule has 0 atom stereocenters. The molecule has 0 unspecified atom stereocenters. The number of para-hydroxylation sites is 1. The minimum Gasteiger partial charge on any atom is -0.454 e. The van der Waals surface area contributed by atoms with Crippen molar-refractivity contribution in [2.45, 2.75) is 38.1 Å². The van der Waals surface area contributed by atoms with Crippen LogP contribution in [0.25, 0.3) is 22.0 Å². The Hall–Kier alpha value is -4.20. The fraction of sp³-hybridized carbons (Fsp3) is 0.250. The van der Waals surface area contributed by atoms with Crippen molar-refractivity contribution in [2.24, 2.45) is 5.92 Å². The molecule has 5 rings (SSSR count). The van der Waals surface area contributed by atoms with E-state index in [4.69, 9.17) is 10.5 Å². The summed E-state index contributed by atoms with van der Waals surface area (Å²) in [5.41, 5.74) is 8.07. The van der Waals surface area contributed by atoms with Gasteiger partial charge in [-0.05, 0) is 67.5 Å². The maximum absolute atomic E-state index is 14.0. The molecule has 2 aromatic carbocycles. The number of carbonyl (C=O) groups excluding carboxylic acids is 1. The highest BCUT2D eigenvalue weighted by Gasteiger charge is 2.27. The number of nitrogens with two attached hydrogens (primary N) is 1. The van der Waals surface area contributed by atoms with Gasteiger partial charge in [-0.1, -0.05) is 30.8 Å². The number of halogens is 1. The number of H-pyrrole nitrogens is 1. The zero-order chi connectivity index (χ0) is 25.2. The molecule has 0 aliphatic heterocycles. The molecule has 7 nitrogen and oxygen atoms in total. The van der Waals surface area contributed by atoms with Gasteiger partial charge in [0.05, 0.1) is 5.39 Å². The van der Waals surface area contributed by atoms with Gasteiger partial charge in [-0.3, -0.25) is 9.59 Å². The van der Waals surface area contributed by atoms with Gasteiger partial charge in [0.25, 0.3) is 5.56 Å². The second-order valence-electron chi connectivity index (χ2n) is 9.22. The number of aromatic nitrogens is 3. The van der Waals surface area contributed by atoms with E-state index in [2.05, 4.69) is 16.8 Å². The minimum atomic E-state index is -0.439. The van der Waals surface area contributed by atoms with E-state index >= 15 is 0 Å². The molecule has 3 N–H and O–H groups in total. The molecule has 1 aliphatic carbocycles. The largest absolute Gasteiger partial charge is 0.454 e. The van der Waals surface area contributed by atoms with Crippen LogP contribution >= 0.6 is 0 Å². The molecule has 184 valence electrons. The maximum Gasteiger partial charge on any atom is 0.288 e. The van der Waals surface area contributed by atoms with E-state index in [1.165, 1.54) is 12.1 Å². The Morgan fingerprint density at radius 1 is 1.17 bits per heavy atom. The molecule has 0 spiro atoms. The summed E-state index contributed by atoms with van der Waals surface area (Å²) in [6, 6.07) is 13.6. The lowest BCUT2D eigenvalue weighted by atomic mass is 9.83. The summed E-state index contributed by atoms with van der Waals surface area (Å²) in [5, 5.41) is 7.11. The van der Waals surface area contributed by atoms with Crippen molar-refractivity contribution in [1.29, 1.82) is 0 Å². The first-order chi connectivity index (χ1) is 17.4. The average molecular weight is 487 g/mol. The fourth-order valence-electron chi connectivity index (χ4n) is 5.09. The van der Waals surface area contributed by atoms with Gasteiger partial charge in [0.15, 0.2) is 23.2 Å². The van der Waals surface area contributed by atoms with Crippen LogP contribution in [-0.2, 0) is 4.79 Å². The van der Waals surface area contributed by atoms with Gasteiger partial charge in [0, 0.05) is 24.2 Å². The van der Waals surface area contributed by atoms with Crippen molar-refractivity contribution in [1.82, 2.24) is 14.8 Å². The smallest absolute Gasteiger partial charge is 0.288 e. The number of hydrogen-bond donors (Lipinski definition) is 2. The quantitative estimate of drug-likeness (QED) is 0.322. The Labute approximate surface area is 207 Å². The molecule has 0 bridgehead atoms. The summed E-state index contributed by atoms with van der Waals surface area (Å²) in [4.78, 5) is 24.6. The number of aromatic amines is 1. The molecule has 1 fully saturated rings. The van der Waals surface area contributed by atoms with Crippen LogP contribution in [0.3, 0.4) is 0 Å². The van der Waals surface area contributed by atoms with Crippen LogP contribution in [0, 0.1) is 11.7 Å². The van der Waals surface area contributed by atoms with Crippen LogP contribution in [0.5, 0.6) is 11.5 Å². The van der Waals surface area contributed by atoms with Crippen molar-refractivity contribution in [2.75, 3.05) is 5.73 Å². The summed E-state index contributed by atoms with van der Waals surface area (Å²) in [6.07, 6.45) is 7.39. The van der Waals surface area contributed by atoms with Crippen LogP contribution in [0.4, 0.5) is 10.2 Å². The summed E-state index contributed by atoms with van der Waals surface area (Å²) in [5.74, 6) is 0.850. The number of benzene rings is 2. The highest BCUT2D eigenvalue weighted by molar-refractivity contribution is 6.02. The first kappa shape index (κ1) is 23.5. The number of rotatable bonds is 7. The highest BCUT2D eigenvalue weighted by Crippen LogP contribution is 2.40. The standard InChI is InChI=1S/C28H27FN4O3/c1-2-20(34)15-17-7-11-19(12-8-17)33-16-22(25-26(33)28(35)32-31-27(25)30)18-9-13-21(14-10-18)36-24-6-4-3-5-23(24)29/h2-6,9-10,13-14,16-17,19H,1,7-8,11-12,15H2,(H2,30,31)(H,32,35). The average Bonchev–Trinajstić information content (AvgIpc) is 3.30. The molecule has 1 saturated carbocycles. The first-order valence-electron chi connectivity index (χ1n) is 12.0. The van der Waals surface area contributed by atoms with E-state index in [1.54, 1.807) is 30.3 Å². The molecule has 36 heavy (non-hydrogen) atoms. The molecule has 1 aliphatic rings. The summed E-state index contributed by atoms with van der Waals surface area (Å²) >= 11 is 0. The van der Waals surface area contributed by atoms with Crippen molar-refractivity contribution < 1.29 is 13.9 Å². The van der Waals surface area contributed by atoms with Crippen molar-refractivity contribution in [3.05, 3.63) is 83.6 Å². The van der Waals surface area contributed by atoms with Gasteiger partial charge in [-0.2, -0.15) is 5.10 Å². The van der Waals surface area contributed by atoms with Gasteiger partial charge < -0.3 is 15.0 Å². The zero-order valence-electron chi connectivity index (χ0n) is 19.7. The highest BCUT2D eigenvalue weighted by atomic mass is 19.1. The second kappa shape index (κ2) is 9.81. The molecule has 2 heterocycles. The van der Waals surface area contributed by atoms with E-state index in [9.17, 15) is 14.0 Å². The molecule has 8 heteroatoms. The maximum atomic E-state index is 14.0. The Bertz CT molecular complexity index is 1480. The van der Waals surface area contributed by atoms with E-state index in [1.807, 2.05) is 22.9 Å². The number of nitrogens with zero attached hydrogens (tertiary/aromatic N) is 2. The number of ketones is 1. The number of fused-ring (bicyclic) bond motifs is 1. The third kappa shape index (κ3) is 4.54. The first-order valence-corrected chi connectivity index (χ1v) is 12.0. The molecule has 0 amide bonds. The summed E-state index contributed by atoms with van der Waals surface area (Å²) in [6.45, 7) is 3.57. The lowest BCUT2D eigenvalue weighted by Gasteiger charge is -2.29. The van der Waals surface area contributed by atoms with Crippen LogP contribution < -0.4 is 16.0 Å². The Morgan fingerprint density at radius 2 is 1.89 bits per heavy atom. The number of ether oxygens (including phenoxy) is 1. The van der Waals surface area contributed by atoms with Crippen LogP contribution in [0.15, 0.2) is 72.2 Å². The number of anilines is 1. The van der Waals surface area contributed by atoms with E-state index < -0.39 is 5.82 Å². The summed E-state index contributed by atoms with van der Waals surface area (Å²) in [7, 11) is 0. The van der Waals surface area contributed by atoms with Gasteiger partial charge in [0.1, 0.15) is 11.3 Å². The van der Waals surface area contributed by atoms with Crippen molar-refractivity contribution in [3.8, 4) is 22.6 Å². The minimum absolute atomic E-state index is 0.0740. The molecule has 2 aromatic heterocycles. The molecule has 4 aromatic rings. The Balaban J connectivity index is 1.46. The monoisotopic (exact) mass is 486 g/mol. The summed E-state index contributed by atoms with van der Waals surface area (Å²) < 4.78 is 21.6. The molecular weight excluding hydrogens is 459 g/mol. The van der Waals surface area contributed by atoms with Crippen LogP contribution in [0.1, 0.15) is 38.1 Å². The predicted octanol–water partition coefficient (Wildman–Crippen LogP) is 5.78. The van der Waals surface area contributed by atoms with Gasteiger partial charge in [-0.15, -0.1) is 0 Å². The lowest BCUT2D eigenvalue weighted by Crippen LogP contribution is -2.22. The number of nitrogens with one attached hydrogen (secondary N) is 1. The molecule has 0 saturated heterocycles. The van der Waals surface area contributed by atoms with Crippen molar-refractivity contribution in [3.63, 3.8) is 0 Å². The molecular formula is C28H27FN4O3. The molecule has 0 radical (unpaired) electrons. The van der Waals surface area contributed by atoms with Crippen LogP contribution in [0.2, 0.25) is 0 Å². The Kier molecular flexibility index (Phi) is 6.41. The topological polar surface area (TPSA) is 103 Å². The Morgan fingerprint density at radius 3 is 2.58 bits per heavy atom. The van der Waals surface area contributed by atoms with Crippen LogP contribution in [-0.4, -0.2) is 20.5 Å². The predicted molar refractivity (Wildman–Crippen MR) is 137 cm³/mol. The number of allylic oxidation sites excluding steroid dienone is 1. The van der Waals surface area contributed by atoms with Gasteiger partial charge in [-0.25, -0.2) is 9.49 Å². The SMILES string of the molecule is C=CC(=O)CC1CCC(n2cc(-c3ccc(Oc4ccccc4F)cc3)c3c(N)n[nH]c(=O)c32)CC1. The number of nitrogen functional groups attached to an aromatic ring is 1. The van der Waals surface area contributed by atoms with E-state index in [-0.39, 0.29) is 29.0 Å². The van der Waals surface area contributed by atoms with Gasteiger partial charge >= 0.3 is 0 Å². The van der Waals surface area contributed by atoms with E-state index in [0.29, 0.717) is 29.0 Å². The normalized spacial score (nSPS) is 17.7. The zero-order valence-corrected chi connectivity index (χ0v) is 19.7. The fourth-order valence-corrected chi connectivity index (χ4v) is 5.09. The number of carbonyl (C=O) groups is 1. The van der Waals surface area contributed by atoms with E-state index in [0.717, 1.165) is 36.8 Å². The number of hydrogen-bond acceptors (Lipinski definition) is 5. The van der Waals surface area contributed by atoms with Crippen molar-refractivity contribution >= 4 is 22.5 Å². The lowest BCUT2D eigenvalue weighted by molar-refractivity contribution is -0.115. The van der Waals surface area contributed by atoms with Gasteiger partial charge in [0.2, 0.25) is 0 Å². The second-order valence-corrected chi connectivity index (χ2v) is 9.22. The third-order valence-corrected chi connectivity index (χ3v) is 6.94. The third-order valence-electron chi connectivity index (χ3n) is 6.94.